The van der Waals surface area contributed by atoms with Gasteiger partial charge in [-0.3, -0.25) is 14.3 Å². The minimum Gasteiger partial charge on any atom is -0.492 e. The van der Waals surface area contributed by atoms with Crippen molar-refractivity contribution in [2.24, 2.45) is 5.41 Å². The fourth-order valence-corrected chi connectivity index (χ4v) is 5.40. The summed E-state index contributed by atoms with van der Waals surface area (Å²) in [6.07, 6.45) is 1.72. The van der Waals surface area contributed by atoms with E-state index in [9.17, 15) is 9.59 Å². The lowest BCUT2D eigenvalue weighted by molar-refractivity contribution is -0.133. The molecule has 1 aromatic heterocycles. The monoisotopic (exact) mass is 486 g/mol. The topological polar surface area (TPSA) is 67.7 Å². The van der Waals surface area contributed by atoms with Crippen molar-refractivity contribution in [1.82, 2.24) is 14.7 Å². The summed E-state index contributed by atoms with van der Waals surface area (Å²) in [5.41, 5.74) is 3.32. The van der Waals surface area contributed by atoms with Crippen molar-refractivity contribution < 1.29 is 14.3 Å². The van der Waals surface area contributed by atoms with Gasteiger partial charge in [-0.1, -0.05) is 43.3 Å². The third-order valence-corrected chi connectivity index (χ3v) is 7.39. The molecule has 3 aromatic rings. The molecule has 1 aliphatic heterocycles. The number of rotatable bonds is 10. The van der Waals surface area contributed by atoms with Gasteiger partial charge in [0.2, 0.25) is 11.8 Å². The molecule has 0 radical (unpaired) electrons. The van der Waals surface area contributed by atoms with Crippen LogP contribution in [-0.4, -0.2) is 46.2 Å². The van der Waals surface area contributed by atoms with Crippen LogP contribution in [0, 0.1) is 12.3 Å². The van der Waals surface area contributed by atoms with Crippen LogP contribution in [0.3, 0.4) is 0 Å². The van der Waals surface area contributed by atoms with Crippen LogP contribution in [0.25, 0.3) is 0 Å². The van der Waals surface area contributed by atoms with Crippen molar-refractivity contribution in [1.29, 1.82) is 0 Å². The third kappa shape index (κ3) is 4.38. The summed E-state index contributed by atoms with van der Waals surface area (Å²) in [5.74, 6) is 0.798. The fourth-order valence-electron chi connectivity index (χ4n) is 5.40. The van der Waals surface area contributed by atoms with Gasteiger partial charge in [0.1, 0.15) is 18.9 Å². The van der Waals surface area contributed by atoms with Gasteiger partial charge in [0, 0.05) is 24.7 Å². The SMILES string of the molecule is CCCn1nc(C)cc1CN(CC)C(=O)CN1C(=O)[C@@]2(COc3ccccc3)C[C@H]2c2ccccc21. The maximum atomic E-state index is 13.9. The summed E-state index contributed by atoms with van der Waals surface area (Å²) in [5, 5.41) is 4.57. The molecule has 36 heavy (non-hydrogen) atoms. The first-order chi connectivity index (χ1) is 17.5. The van der Waals surface area contributed by atoms with Crippen LogP contribution in [0.4, 0.5) is 5.69 Å². The molecule has 0 N–H and O–H groups in total. The van der Waals surface area contributed by atoms with Gasteiger partial charge in [-0.25, -0.2) is 0 Å². The third-order valence-electron chi connectivity index (χ3n) is 7.39. The lowest BCUT2D eigenvalue weighted by Gasteiger charge is -2.35. The van der Waals surface area contributed by atoms with Crippen molar-refractivity contribution in [2.45, 2.75) is 52.6 Å². The number of hydrogen-bond acceptors (Lipinski definition) is 4. The zero-order valence-electron chi connectivity index (χ0n) is 21.3. The Kier molecular flexibility index (Phi) is 6.56. The molecule has 0 spiro atoms. The van der Waals surface area contributed by atoms with Crippen LogP contribution in [0.2, 0.25) is 0 Å². The Morgan fingerprint density at radius 3 is 2.64 bits per heavy atom. The number of nitrogens with zero attached hydrogens (tertiary/aromatic N) is 4. The zero-order valence-corrected chi connectivity index (χ0v) is 21.3. The average molecular weight is 487 g/mol. The predicted molar refractivity (Wildman–Crippen MR) is 139 cm³/mol. The predicted octanol–water partition coefficient (Wildman–Crippen LogP) is 4.55. The molecule has 2 atom stereocenters. The number of likely N-dealkylation sites (N-methyl/N-ethyl adjacent to an activating group) is 1. The van der Waals surface area contributed by atoms with Crippen molar-refractivity contribution in [3.05, 3.63) is 77.6 Å². The molecule has 7 heteroatoms. The molecule has 2 heterocycles. The maximum Gasteiger partial charge on any atom is 0.242 e. The molecule has 0 bridgehead atoms. The number of carbonyl (C=O) groups is 2. The number of ether oxygens (including phenoxy) is 1. The van der Waals surface area contributed by atoms with Crippen molar-refractivity contribution in [3.8, 4) is 5.75 Å². The van der Waals surface area contributed by atoms with E-state index < -0.39 is 5.41 Å². The highest BCUT2D eigenvalue weighted by atomic mass is 16.5. The standard InChI is InChI=1S/C29H34N4O3/c1-4-15-33-22(16-21(3)30-33)18-31(5-2)27(34)19-32-26-14-10-9-13-24(26)25-17-29(25,28(32)35)20-36-23-11-7-6-8-12-23/h6-14,16,25H,4-5,15,17-20H2,1-3H3/t25-,29+/m0/s1. The summed E-state index contributed by atoms with van der Waals surface area (Å²) < 4.78 is 8.05. The van der Waals surface area contributed by atoms with E-state index in [1.807, 2.05) is 78.0 Å². The molecule has 2 aliphatic rings. The number of amides is 2. The Balaban J connectivity index is 1.36. The van der Waals surface area contributed by atoms with Gasteiger partial charge in [-0.15, -0.1) is 0 Å². The smallest absolute Gasteiger partial charge is 0.242 e. The maximum absolute atomic E-state index is 13.9. The summed E-state index contributed by atoms with van der Waals surface area (Å²) in [6, 6.07) is 19.6. The molecule has 1 saturated carbocycles. The second-order valence-electron chi connectivity index (χ2n) is 9.87. The van der Waals surface area contributed by atoms with E-state index in [2.05, 4.69) is 18.1 Å². The number of hydrogen-bond donors (Lipinski definition) is 0. The lowest BCUT2D eigenvalue weighted by atomic mass is 9.92. The fraction of sp³-hybridized carbons (Fsp3) is 0.414. The summed E-state index contributed by atoms with van der Waals surface area (Å²) >= 11 is 0. The number of fused-ring (bicyclic) bond motifs is 3. The number of aromatic nitrogens is 2. The van der Waals surface area contributed by atoms with E-state index >= 15 is 0 Å². The molecule has 1 fully saturated rings. The van der Waals surface area contributed by atoms with Gasteiger partial charge < -0.3 is 14.5 Å². The minimum atomic E-state index is -0.613. The molecule has 188 valence electrons. The molecular formula is C29H34N4O3. The average Bonchev–Trinajstić information content (AvgIpc) is 3.55. The summed E-state index contributed by atoms with van der Waals surface area (Å²) in [7, 11) is 0. The first-order valence-electron chi connectivity index (χ1n) is 12.9. The second kappa shape index (κ2) is 9.80. The number of para-hydroxylation sites is 2. The molecule has 0 unspecified atom stereocenters. The van der Waals surface area contributed by atoms with Crippen LogP contribution in [-0.2, 0) is 22.7 Å². The van der Waals surface area contributed by atoms with Crippen molar-refractivity contribution in [3.63, 3.8) is 0 Å². The number of anilines is 1. The first kappa shape index (κ1) is 24.1. The molecule has 2 amide bonds. The Bertz CT molecular complexity index is 1250. The van der Waals surface area contributed by atoms with Gasteiger partial charge in [-0.2, -0.15) is 5.10 Å². The molecule has 0 saturated heterocycles. The van der Waals surface area contributed by atoms with Crippen LogP contribution in [0.15, 0.2) is 60.7 Å². The summed E-state index contributed by atoms with van der Waals surface area (Å²) in [6.45, 7) is 8.25. The largest absolute Gasteiger partial charge is 0.492 e. The van der Waals surface area contributed by atoms with E-state index in [1.54, 1.807) is 4.90 Å². The van der Waals surface area contributed by atoms with E-state index in [0.29, 0.717) is 19.7 Å². The van der Waals surface area contributed by atoms with Crippen LogP contribution in [0.5, 0.6) is 5.75 Å². The van der Waals surface area contributed by atoms with E-state index in [4.69, 9.17) is 4.74 Å². The molecule has 7 nitrogen and oxygen atoms in total. The number of aryl methyl sites for hydroxylation is 2. The minimum absolute atomic E-state index is 0.0154. The number of carbonyl (C=O) groups excluding carboxylic acids is 2. The van der Waals surface area contributed by atoms with Crippen molar-refractivity contribution >= 4 is 17.5 Å². The van der Waals surface area contributed by atoms with Gasteiger partial charge in [0.25, 0.3) is 0 Å². The Morgan fingerprint density at radius 2 is 1.89 bits per heavy atom. The highest BCUT2D eigenvalue weighted by molar-refractivity contribution is 6.07. The van der Waals surface area contributed by atoms with Gasteiger partial charge >= 0.3 is 0 Å². The van der Waals surface area contributed by atoms with Gasteiger partial charge in [-0.05, 0) is 56.5 Å². The number of benzene rings is 2. The quantitative estimate of drug-likeness (QED) is 0.422. The Hall–Kier alpha value is -3.61. The molecule has 5 rings (SSSR count). The highest BCUT2D eigenvalue weighted by Gasteiger charge is 2.66. The van der Waals surface area contributed by atoms with Gasteiger partial charge in [0.05, 0.1) is 23.3 Å². The molecule has 1 aliphatic carbocycles. The van der Waals surface area contributed by atoms with Crippen LogP contribution >= 0.6 is 0 Å². The Labute approximate surface area is 212 Å². The van der Waals surface area contributed by atoms with Crippen molar-refractivity contribution in [2.75, 3.05) is 24.6 Å². The van der Waals surface area contributed by atoms with Gasteiger partial charge in [0.15, 0.2) is 0 Å². The van der Waals surface area contributed by atoms with E-state index in [0.717, 1.165) is 47.8 Å². The second-order valence-corrected chi connectivity index (χ2v) is 9.87. The first-order valence-corrected chi connectivity index (χ1v) is 12.9. The Morgan fingerprint density at radius 1 is 1.14 bits per heavy atom. The molecule has 2 aromatic carbocycles. The highest BCUT2D eigenvalue weighted by Crippen LogP contribution is 2.65. The molecular weight excluding hydrogens is 452 g/mol. The lowest BCUT2D eigenvalue weighted by Crippen LogP contribution is -2.49. The van der Waals surface area contributed by atoms with Crippen LogP contribution < -0.4 is 9.64 Å². The zero-order chi connectivity index (χ0) is 25.3. The normalized spacial score (nSPS) is 20.0. The summed E-state index contributed by atoms with van der Waals surface area (Å²) in [4.78, 5) is 30.9. The van der Waals surface area contributed by atoms with E-state index in [1.165, 1.54) is 0 Å². The van der Waals surface area contributed by atoms with Crippen LogP contribution in [0.1, 0.15) is 49.6 Å². The van der Waals surface area contributed by atoms with E-state index in [-0.39, 0.29) is 24.3 Å².